The monoisotopic (exact) mass is 456 g/mol. The molecule has 0 saturated heterocycles. The molecule has 34 heavy (non-hydrogen) atoms. The number of methoxy groups -OCH3 is 1. The van der Waals surface area contributed by atoms with Crippen LogP contribution in [-0.2, 0) is 0 Å². The molecule has 0 saturated carbocycles. The molecule has 0 spiro atoms. The maximum Gasteiger partial charge on any atom is 0.349 e. The molecule has 1 atom stereocenters. The van der Waals surface area contributed by atoms with E-state index in [4.69, 9.17) is 19.0 Å². The van der Waals surface area contributed by atoms with E-state index in [2.05, 4.69) is 0 Å². The highest BCUT2D eigenvalue weighted by Gasteiger charge is 2.33. The molecule has 0 bridgehead atoms. The second-order valence-corrected chi connectivity index (χ2v) is 7.90. The minimum absolute atomic E-state index is 0.0834. The fourth-order valence-corrected chi connectivity index (χ4v) is 4.29. The van der Waals surface area contributed by atoms with Gasteiger partial charge in [-0.05, 0) is 48.9 Å². The Labute approximate surface area is 196 Å². The van der Waals surface area contributed by atoms with Crippen LogP contribution in [0.2, 0.25) is 0 Å². The highest BCUT2D eigenvalue weighted by molar-refractivity contribution is 6.08. The molecule has 0 radical (unpaired) electrons. The first kappa shape index (κ1) is 21.6. The molecule has 3 aromatic carbocycles. The first-order chi connectivity index (χ1) is 16.6. The van der Waals surface area contributed by atoms with Crippen molar-refractivity contribution in [3.8, 4) is 17.2 Å². The molecule has 1 unspecified atom stereocenters. The molecule has 0 aliphatic carbocycles. The Bertz CT molecular complexity index is 1430. The van der Waals surface area contributed by atoms with E-state index in [1.165, 1.54) is 0 Å². The molecule has 7 heteroatoms. The average Bonchev–Trinajstić information content (AvgIpc) is 3.30. The van der Waals surface area contributed by atoms with Gasteiger partial charge in [-0.1, -0.05) is 36.4 Å². The summed E-state index contributed by atoms with van der Waals surface area (Å²) in [6.45, 7) is 2.45. The third kappa shape index (κ3) is 3.75. The van der Waals surface area contributed by atoms with E-state index in [9.17, 15) is 9.90 Å². The molecule has 0 fully saturated rings. The highest BCUT2D eigenvalue weighted by Crippen LogP contribution is 2.41. The molecule has 0 amide bonds. The second kappa shape index (κ2) is 8.94. The third-order valence-corrected chi connectivity index (χ3v) is 5.88. The van der Waals surface area contributed by atoms with Gasteiger partial charge in [0.15, 0.2) is 11.5 Å². The number of aromatic hydroxyl groups is 1. The van der Waals surface area contributed by atoms with Gasteiger partial charge in [0.05, 0.1) is 36.5 Å². The first-order valence-electron chi connectivity index (χ1n) is 11.1. The minimum atomic E-state index is -0.618. The normalized spacial score (nSPS) is 15.4. The van der Waals surface area contributed by atoms with E-state index >= 15 is 0 Å². The zero-order valence-corrected chi connectivity index (χ0v) is 18.9. The van der Waals surface area contributed by atoms with Crippen LogP contribution < -0.4 is 20.1 Å². The van der Waals surface area contributed by atoms with Crippen LogP contribution in [-0.4, -0.2) is 24.5 Å². The Morgan fingerprint density at radius 2 is 1.82 bits per heavy atom. The summed E-state index contributed by atoms with van der Waals surface area (Å²) in [7, 11) is 1.60. The number of nitrogens with zero attached hydrogens (tertiary/aromatic N) is 2. The van der Waals surface area contributed by atoms with E-state index in [0.717, 1.165) is 11.3 Å². The Hall–Kier alpha value is -4.26. The fourth-order valence-electron chi connectivity index (χ4n) is 4.29. The topological polar surface area (TPSA) is 84.5 Å². The van der Waals surface area contributed by atoms with E-state index in [-0.39, 0.29) is 17.4 Å². The summed E-state index contributed by atoms with van der Waals surface area (Å²) in [6.07, 6.45) is 0.392. The number of hydrogen-bond donors (Lipinski definition) is 1. The molecule has 1 aromatic heterocycles. The lowest BCUT2D eigenvalue weighted by atomic mass is 9.97. The van der Waals surface area contributed by atoms with Gasteiger partial charge in [0.1, 0.15) is 16.9 Å². The van der Waals surface area contributed by atoms with Crippen LogP contribution >= 0.6 is 0 Å². The maximum absolute atomic E-state index is 12.9. The Morgan fingerprint density at radius 1 is 1.06 bits per heavy atom. The van der Waals surface area contributed by atoms with Gasteiger partial charge in [-0.3, -0.25) is 5.01 Å². The quantitative estimate of drug-likeness (QED) is 0.398. The number of fused-ring (bicyclic) bond motifs is 1. The summed E-state index contributed by atoms with van der Waals surface area (Å²) >= 11 is 0. The van der Waals surface area contributed by atoms with Crippen LogP contribution in [0, 0.1) is 0 Å². The zero-order chi connectivity index (χ0) is 23.7. The smallest absolute Gasteiger partial charge is 0.349 e. The van der Waals surface area contributed by atoms with E-state index in [0.29, 0.717) is 41.2 Å². The molecule has 7 nitrogen and oxygen atoms in total. The van der Waals surface area contributed by atoms with Gasteiger partial charge in [0.25, 0.3) is 0 Å². The summed E-state index contributed by atoms with van der Waals surface area (Å²) in [5, 5.41) is 18.1. The lowest BCUT2D eigenvalue weighted by Gasteiger charge is -2.24. The molecular weight excluding hydrogens is 432 g/mol. The molecule has 2 heterocycles. The van der Waals surface area contributed by atoms with Gasteiger partial charge in [-0.2, -0.15) is 5.10 Å². The lowest BCUT2D eigenvalue weighted by molar-refractivity contribution is 0.310. The largest absolute Gasteiger partial charge is 0.506 e. The first-order valence-corrected chi connectivity index (χ1v) is 11.1. The van der Waals surface area contributed by atoms with Crippen molar-refractivity contribution in [2.45, 2.75) is 19.4 Å². The Morgan fingerprint density at radius 3 is 2.59 bits per heavy atom. The van der Waals surface area contributed by atoms with Gasteiger partial charge in [0.2, 0.25) is 0 Å². The molecule has 1 aliphatic heterocycles. The number of ether oxygens (including phenoxy) is 2. The zero-order valence-electron chi connectivity index (χ0n) is 18.9. The summed E-state index contributed by atoms with van der Waals surface area (Å²) in [6, 6.07) is 22.2. The predicted octanol–water partition coefficient (Wildman–Crippen LogP) is 5.26. The number of hydrazone groups is 1. The van der Waals surface area contributed by atoms with E-state index in [1.807, 2.05) is 60.5 Å². The Kier molecular flexibility index (Phi) is 5.67. The van der Waals surface area contributed by atoms with Crippen molar-refractivity contribution in [3.63, 3.8) is 0 Å². The molecule has 5 rings (SSSR count). The van der Waals surface area contributed by atoms with Crippen LogP contribution in [0.15, 0.2) is 87.1 Å². The number of anilines is 1. The fraction of sp³-hybridized carbons (Fsp3) is 0.185. The van der Waals surface area contributed by atoms with Crippen molar-refractivity contribution in [2.24, 2.45) is 5.10 Å². The third-order valence-electron chi connectivity index (χ3n) is 5.88. The van der Waals surface area contributed by atoms with Crippen molar-refractivity contribution in [1.82, 2.24) is 0 Å². The van der Waals surface area contributed by atoms with Crippen LogP contribution in [0.1, 0.15) is 30.5 Å². The highest BCUT2D eigenvalue weighted by atomic mass is 16.5. The van der Waals surface area contributed by atoms with Crippen molar-refractivity contribution in [1.29, 1.82) is 0 Å². The average molecular weight is 456 g/mol. The van der Waals surface area contributed by atoms with Crippen molar-refractivity contribution in [2.75, 3.05) is 18.7 Å². The van der Waals surface area contributed by atoms with Crippen LogP contribution in [0.4, 0.5) is 5.69 Å². The summed E-state index contributed by atoms with van der Waals surface area (Å²) in [5.74, 6) is 1.16. The number of rotatable bonds is 6. The van der Waals surface area contributed by atoms with Crippen LogP contribution in [0.5, 0.6) is 17.2 Å². The lowest BCUT2D eigenvalue weighted by Crippen LogP contribution is -2.18. The molecule has 172 valence electrons. The minimum Gasteiger partial charge on any atom is -0.506 e. The molecule has 1 N–H and O–H groups in total. The molecule has 1 aliphatic rings. The summed E-state index contributed by atoms with van der Waals surface area (Å²) in [4.78, 5) is 12.9. The van der Waals surface area contributed by atoms with Crippen molar-refractivity contribution < 1.29 is 19.0 Å². The second-order valence-electron chi connectivity index (χ2n) is 7.90. The van der Waals surface area contributed by atoms with Crippen LogP contribution in [0.25, 0.3) is 11.0 Å². The predicted molar refractivity (Wildman–Crippen MR) is 131 cm³/mol. The van der Waals surface area contributed by atoms with E-state index < -0.39 is 5.63 Å². The molecular formula is C27H24N2O5. The van der Waals surface area contributed by atoms with Gasteiger partial charge in [-0.15, -0.1) is 0 Å². The number of hydrogen-bond acceptors (Lipinski definition) is 7. The van der Waals surface area contributed by atoms with E-state index in [1.54, 1.807) is 31.4 Å². The van der Waals surface area contributed by atoms with Gasteiger partial charge in [-0.25, -0.2) is 4.79 Å². The molecule has 4 aromatic rings. The van der Waals surface area contributed by atoms with Gasteiger partial charge < -0.3 is 19.0 Å². The number of benzene rings is 3. The maximum atomic E-state index is 12.9. The van der Waals surface area contributed by atoms with Gasteiger partial charge >= 0.3 is 5.63 Å². The van der Waals surface area contributed by atoms with Crippen molar-refractivity contribution >= 4 is 22.4 Å². The Balaban J connectivity index is 1.62. The SMILES string of the molecule is CCOc1ccc(C2CC(c3c(O)c4ccccc4oc3=O)=NN2c2ccccc2)cc1OC. The summed E-state index contributed by atoms with van der Waals surface area (Å²) < 4.78 is 16.7. The number of para-hydroxylation sites is 2. The van der Waals surface area contributed by atoms with Gasteiger partial charge in [0, 0.05) is 6.42 Å². The van der Waals surface area contributed by atoms with Crippen LogP contribution in [0.3, 0.4) is 0 Å². The summed E-state index contributed by atoms with van der Waals surface area (Å²) in [5.41, 5.74) is 2.05. The standard InChI is InChI=1S/C27H24N2O5/c1-3-33-23-14-13-17(15-24(23)32-2)21-16-20(28-29(21)18-9-5-4-6-10-18)25-26(30)19-11-7-8-12-22(19)34-27(25)31/h4-15,21,30H,3,16H2,1-2H3. The van der Waals surface area contributed by atoms with Crippen molar-refractivity contribution in [3.05, 3.63) is 94.3 Å².